The first-order valence-corrected chi connectivity index (χ1v) is 10.9. The van der Waals surface area contributed by atoms with E-state index in [4.69, 9.17) is 14.2 Å². The van der Waals surface area contributed by atoms with Crippen LogP contribution in [0.3, 0.4) is 0 Å². The van der Waals surface area contributed by atoms with E-state index in [-0.39, 0.29) is 5.97 Å². The number of hydrogen-bond acceptors (Lipinski definition) is 4. The molecule has 0 aliphatic carbocycles. The number of benzene rings is 3. The molecule has 0 saturated carbocycles. The van der Waals surface area contributed by atoms with E-state index < -0.39 is 0 Å². The molecule has 4 nitrogen and oxygen atoms in total. The number of ether oxygens (including phenoxy) is 3. The highest BCUT2D eigenvalue weighted by atomic mass is 127. The highest BCUT2D eigenvalue weighted by Crippen LogP contribution is 2.36. The van der Waals surface area contributed by atoms with Crippen LogP contribution in [0.25, 0.3) is 11.8 Å². The van der Waals surface area contributed by atoms with E-state index in [0.29, 0.717) is 29.4 Å². The highest BCUT2D eigenvalue weighted by Gasteiger charge is 2.22. The Kier molecular flexibility index (Phi) is 6.42. The van der Waals surface area contributed by atoms with Crippen molar-refractivity contribution in [3.63, 3.8) is 0 Å². The van der Waals surface area contributed by atoms with Gasteiger partial charge in [0.1, 0.15) is 12.4 Å². The zero-order valence-corrected chi connectivity index (χ0v) is 19.4. The lowest BCUT2D eigenvalue weighted by Crippen LogP contribution is -2.00. The van der Waals surface area contributed by atoms with Gasteiger partial charge in [0, 0.05) is 5.56 Å². The number of halogens is 1. The minimum absolute atomic E-state index is 0.367. The van der Waals surface area contributed by atoms with Gasteiger partial charge >= 0.3 is 5.97 Å². The average molecular weight is 524 g/mol. The van der Waals surface area contributed by atoms with Crippen molar-refractivity contribution in [1.82, 2.24) is 0 Å². The van der Waals surface area contributed by atoms with Crippen LogP contribution in [0.2, 0.25) is 0 Å². The summed E-state index contributed by atoms with van der Waals surface area (Å²) in [6.07, 6.45) is 3.57. The summed E-state index contributed by atoms with van der Waals surface area (Å²) in [5, 5.41) is 0. The minimum Gasteiger partial charge on any atom is -0.493 e. The molecule has 0 bridgehead atoms. The lowest BCUT2D eigenvalue weighted by atomic mass is 10.1. The third-order valence-electron chi connectivity index (χ3n) is 4.86. The highest BCUT2D eigenvalue weighted by molar-refractivity contribution is 14.1. The number of carbonyl (C=O) groups is 1. The lowest BCUT2D eigenvalue weighted by molar-refractivity contribution is -0.130. The fraction of sp³-hybridized carbons (Fsp3) is 0.115. The normalized spacial score (nSPS) is 14.4. The molecule has 31 heavy (non-hydrogen) atoms. The Balaban J connectivity index is 1.59. The largest absolute Gasteiger partial charge is 0.493 e. The molecule has 1 aliphatic rings. The minimum atomic E-state index is -0.367. The van der Waals surface area contributed by atoms with Crippen LogP contribution in [-0.2, 0) is 16.1 Å². The van der Waals surface area contributed by atoms with E-state index in [1.54, 1.807) is 19.3 Å². The molecule has 1 aliphatic heterocycles. The predicted molar refractivity (Wildman–Crippen MR) is 130 cm³/mol. The van der Waals surface area contributed by atoms with Gasteiger partial charge in [-0.25, -0.2) is 4.79 Å². The van der Waals surface area contributed by atoms with Crippen LogP contribution < -0.4 is 9.47 Å². The van der Waals surface area contributed by atoms with Gasteiger partial charge in [-0.2, -0.15) is 0 Å². The Morgan fingerprint density at radius 2 is 1.77 bits per heavy atom. The standard InChI is InChI=1S/C26H21IO4/c1-17-8-10-20(11-9-17)23-15-21(26(28)31-23)12-19-13-22(27)25(24(14-19)29-2)30-16-18-6-4-3-5-7-18/h3-15H,16H2,1-2H3. The number of esters is 1. The Hall–Kier alpha value is -3.06. The van der Waals surface area contributed by atoms with Crippen molar-refractivity contribution in [3.8, 4) is 11.5 Å². The number of cyclic esters (lactones) is 1. The number of rotatable bonds is 6. The first-order chi connectivity index (χ1) is 15.0. The summed E-state index contributed by atoms with van der Waals surface area (Å²) in [7, 11) is 1.61. The maximum atomic E-state index is 12.4. The second-order valence-corrected chi connectivity index (χ2v) is 8.33. The topological polar surface area (TPSA) is 44.8 Å². The van der Waals surface area contributed by atoms with Crippen LogP contribution in [0.4, 0.5) is 0 Å². The van der Waals surface area contributed by atoms with E-state index in [9.17, 15) is 4.79 Å². The van der Waals surface area contributed by atoms with Gasteiger partial charge in [-0.15, -0.1) is 0 Å². The summed E-state index contributed by atoms with van der Waals surface area (Å²) >= 11 is 2.22. The summed E-state index contributed by atoms with van der Waals surface area (Å²) in [4.78, 5) is 12.4. The fourth-order valence-electron chi connectivity index (χ4n) is 3.22. The van der Waals surface area contributed by atoms with Gasteiger partial charge in [-0.1, -0.05) is 60.2 Å². The number of hydrogen-bond donors (Lipinski definition) is 0. The maximum absolute atomic E-state index is 12.4. The van der Waals surface area contributed by atoms with Gasteiger partial charge in [-0.3, -0.25) is 0 Å². The smallest absolute Gasteiger partial charge is 0.343 e. The van der Waals surface area contributed by atoms with Gasteiger partial charge in [0.05, 0.1) is 16.3 Å². The molecule has 0 amide bonds. The molecule has 3 aromatic carbocycles. The van der Waals surface area contributed by atoms with E-state index in [1.165, 1.54) is 0 Å². The van der Waals surface area contributed by atoms with Crippen LogP contribution >= 0.6 is 22.6 Å². The van der Waals surface area contributed by atoms with Gasteiger partial charge in [-0.05, 0) is 64.9 Å². The number of aryl methyl sites for hydroxylation is 1. The zero-order valence-electron chi connectivity index (χ0n) is 17.2. The van der Waals surface area contributed by atoms with Crippen LogP contribution in [0.1, 0.15) is 22.3 Å². The molecule has 1 heterocycles. The van der Waals surface area contributed by atoms with E-state index in [1.807, 2.05) is 73.7 Å². The second kappa shape index (κ2) is 9.39. The maximum Gasteiger partial charge on any atom is 0.343 e. The Morgan fingerprint density at radius 3 is 2.48 bits per heavy atom. The van der Waals surface area contributed by atoms with Crippen LogP contribution in [0, 0.1) is 10.5 Å². The molecule has 0 atom stereocenters. The molecular formula is C26H21IO4. The van der Waals surface area contributed by atoms with Gasteiger partial charge in [0.2, 0.25) is 0 Å². The Bertz CT molecular complexity index is 1160. The monoisotopic (exact) mass is 524 g/mol. The number of methoxy groups -OCH3 is 1. The van der Waals surface area contributed by atoms with Crippen LogP contribution in [-0.4, -0.2) is 13.1 Å². The van der Waals surface area contributed by atoms with Gasteiger partial charge < -0.3 is 14.2 Å². The first kappa shape index (κ1) is 21.2. The molecule has 4 rings (SSSR count). The summed E-state index contributed by atoms with van der Waals surface area (Å²) in [5.74, 6) is 1.48. The third-order valence-corrected chi connectivity index (χ3v) is 5.66. The molecule has 0 N–H and O–H groups in total. The predicted octanol–water partition coefficient (Wildman–Crippen LogP) is 6.17. The van der Waals surface area contributed by atoms with E-state index in [0.717, 1.165) is 25.8 Å². The molecule has 0 saturated heterocycles. The average Bonchev–Trinajstić information content (AvgIpc) is 3.14. The quantitative estimate of drug-likeness (QED) is 0.220. The fourth-order valence-corrected chi connectivity index (χ4v) is 4.00. The SMILES string of the molecule is COc1cc(C=C2C=C(c3ccc(C)cc3)OC2=O)cc(I)c1OCc1ccccc1. The van der Waals surface area contributed by atoms with Crippen molar-refractivity contribution in [3.05, 3.63) is 104 Å². The molecule has 0 radical (unpaired) electrons. The van der Waals surface area contributed by atoms with Crippen LogP contribution in [0.15, 0.2) is 78.4 Å². The van der Waals surface area contributed by atoms with Gasteiger partial charge in [0.25, 0.3) is 0 Å². The lowest BCUT2D eigenvalue weighted by Gasteiger charge is -2.14. The van der Waals surface area contributed by atoms with Crippen molar-refractivity contribution in [1.29, 1.82) is 0 Å². The third kappa shape index (κ3) is 4.99. The Morgan fingerprint density at radius 1 is 1.03 bits per heavy atom. The van der Waals surface area contributed by atoms with Crippen LogP contribution in [0.5, 0.6) is 11.5 Å². The number of carbonyl (C=O) groups excluding carboxylic acids is 1. The summed E-state index contributed by atoms with van der Waals surface area (Å²) in [5.41, 5.74) is 4.43. The van der Waals surface area contributed by atoms with Crippen molar-refractivity contribution in [2.75, 3.05) is 7.11 Å². The van der Waals surface area contributed by atoms with Crippen molar-refractivity contribution in [2.24, 2.45) is 0 Å². The van der Waals surface area contributed by atoms with E-state index >= 15 is 0 Å². The summed E-state index contributed by atoms with van der Waals surface area (Å²) in [6.45, 7) is 2.47. The molecule has 0 spiro atoms. The van der Waals surface area contributed by atoms with Gasteiger partial charge in [0.15, 0.2) is 11.5 Å². The summed E-state index contributed by atoms with van der Waals surface area (Å²) < 4.78 is 17.9. The molecular weight excluding hydrogens is 503 g/mol. The van der Waals surface area contributed by atoms with Crippen molar-refractivity contribution < 1.29 is 19.0 Å². The Labute approximate surface area is 195 Å². The molecule has 156 valence electrons. The molecule has 5 heteroatoms. The molecule has 0 fully saturated rings. The van der Waals surface area contributed by atoms with E-state index in [2.05, 4.69) is 22.6 Å². The first-order valence-electron chi connectivity index (χ1n) is 9.80. The van der Waals surface area contributed by atoms with Crippen molar-refractivity contribution in [2.45, 2.75) is 13.5 Å². The molecule has 0 unspecified atom stereocenters. The second-order valence-electron chi connectivity index (χ2n) is 7.17. The molecule has 0 aromatic heterocycles. The van der Waals surface area contributed by atoms with Crippen molar-refractivity contribution >= 4 is 40.4 Å². The summed E-state index contributed by atoms with van der Waals surface area (Å²) in [6, 6.07) is 21.7. The zero-order chi connectivity index (χ0) is 21.8. The molecule has 3 aromatic rings.